The third kappa shape index (κ3) is 2.72. The minimum absolute atomic E-state index is 0.00742. The smallest absolute Gasteiger partial charge is 0.270 e. The monoisotopic (exact) mass is 293 g/mol. The molecule has 3 amide bonds. The number of aliphatic hydroxyl groups excluding tert-OH is 1. The van der Waals surface area contributed by atoms with Crippen molar-refractivity contribution in [2.75, 3.05) is 19.7 Å². The van der Waals surface area contributed by atoms with Gasteiger partial charge in [0.2, 0.25) is 5.91 Å². The van der Waals surface area contributed by atoms with E-state index in [0.29, 0.717) is 4.90 Å². The second-order valence-corrected chi connectivity index (χ2v) is 4.26. The van der Waals surface area contributed by atoms with E-state index in [4.69, 9.17) is 5.11 Å². The number of nitro benzene ring substituents is 1. The number of nitro groups is 1. The second kappa shape index (κ2) is 5.67. The van der Waals surface area contributed by atoms with Crippen LogP contribution in [0.3, 0.4) is 0 Å². The third-order valence-electron chi connectivity index (χ3n) is 2.90. The molecule has 1 aromatic rings. The van der Waals surface area contributed by atoms with Crippen LogP contribution in [0.15, 0.2) is 18.2 Å². The van der Waals surface area contributed by atoms with E-state index in [-0.39, 0.29) is 30.0 Å². The molecule has 1 heterocycles. The number of nitrogens with zero attached hydrogens (tertiary/aromatic N) is 2. The number of non-ortho nitro benzene ring substituents is 1. The summed E-state index contributed by atoms with van der Waals surface area (Å²) in [5.41, 5.74) is -0.369. The first kappa shape index (κ1) is 14.6. The largest absolute Gasteiger partial charge is 0.395 e. The zero-order valence-electron chi connectivity index (χ0n) is 10.7. The quantitative estimate of drug-likeness (QED) is 0.419. The topological polar surface area (TPSA) is 130 Å². The number of aliphatic hydroxyl groups is 1. The number of amides is 3. The van der Waals surface area contributed by atoms with Gasteiger partial charge in [-0.1, -0.05) is 0 Å². The average Bonchev–Trinajstić information content (AvgIpc) is 2.69. The van der Waals surface area contributed by atoms with Crippen LogP contribution in [0.4, 0.5) is 5.69 Å². The summed E-state index contributed by atoms with van der Waals surface area (Å²) in [4.78, 5) is 46.3. The molecule has 1 aliphatic rings. The summed E-state index contributed by atoms with van der Waals surface area (Å²) in [6, 6.07) is 3.33. The lowest BCUT2D eigenvalue weighted by Gasteiger charge is -2.12. The summed E-state index contributed by atoms with van der Waals surface area (Å²) in [7, 11) is 0. The summed E-state index contributed by atoms with van der Waals surface area (Å²) in [5.74, 6) is -2.03. The number of hydrogen-bond donors (Lipinski definition) is 2. The van der Waals surface area contributed by atoms with Crippen molar-refractivity contribution in [2.24, 2.45) is 0 Å². The molecule has 2 rings (SSSR count). The van der Waals surface area contributed by atoms with Crippen molar-refractivity contribution in [1.82, 2.24) is 10.2 Å². The molecule has 2 N–H and O–H groups in total. The first-order chi connectivity index (χ1) is 9.95. The van der Waals surface area contributed by atoms with Crippen LogP contribution in [0.2, 0.25) is 0 Å². The molecule has 9 heteroatoms. The summed E-state index contributed by atoms with van der Waals surface area (Å²) in [6.07, 6.45) is 0. The number of benzene rings is 1. The van der Waals surface area contributed by atoms with Gasteiger partial charge in [0.1, 0.15) is 6.54 Å². The summed E-state index contributed by atoms with van der Waals surface area (Å²) in [5, 5.41) is 21.6. The molecule has 0 fully saturated rings. The van der Waals surface area contributed by atoms with Crippen molar-refractivity contribution in [3.8, 4) is 0 Å². The minimum Gasteiger partial charge on any atom is -0.395 e. The number of imide groups is 1. The van der Waals surface area contributed by atoms with Gasteiger partial charge in [0.25, 0.3) is 17.5 Å². The highest BCUT2D eigenvalue weighted by atomic mass is 16.6. The van der Waals surface area contributed by atoms with Crippen molar-refractivity contribution in [2.45, 2.75) is 0 Å². The molecule has 0 saturated heterocycles. The van der Waals surface area contributed by atoms with E-state index in [1.807, 2.05) is 0 Å². The Morgan fingerprint density at radius 2 is 1.95 bits per heavy atom. The Labute approximate surface area is 118 Å². The maximum atomic E-state index is 12.0. The standard InChI is InChI=1S/C12H11N3O6/c16-4-3-13-10(17)6-14-11(18)8-2-1-7(15(20)21)5-9(8)12(14)19/h1-2,5,16H,3-4,6H2,(H,13,17). The second-order valence-electron chi connectivity index (χ2n) is 4.26. The van der Waals surface area contributed by atoms with Crippen molar-refractivity contribution < 1.29 is 24.4 Å². The highest BCUT2D eigenvalue weighted by Crippen LogP contribution is 2.26. The van der Waals surface area contributed by atoms with E-state index in [1.54, 1.807) is 0 Å². The fourth-order valence-corrected chi connectivity index (χ4v) is 1.93. The van der Waals surface area contributed by atoms with Gasteiger partial charge in [0, 0.05) is 18.7 Å². The number of rotatable bonds is 5. The van der Waals surface area contributed by atoms with Crippen LogP contribution >= 0.6 is 0 Å². The molecule has 0 radical (unpaired) electrons. The molecule has 0 atom stereocenters. The van der Waals surface area contributed by atoms with Gasteiger partial charge in [-0.15, -0.1) is 0 Å². The molecule has 0 aliphatic carbocycles. The molecule has 1 aromatic carbocycles. The van der Waals surface area contributed by atoms with Gasteiger partial charge in [0.15, 0.2) is 0 Å². The van der Waals surface area contributed by atoms with E-state index in [1.165, 1.54) is 6.07 Å². The first-order valence-electron chi connectivity index (χ1n) is 5.98. The highest BCUT2D eigenvalue weighted by Gasteiger charge is 2.37. The molecule has 0 unspecified atom stereocenters. The van der Waals surface area contributed by atoms with Gasteiger partial charge in [-0.05, 0) is 6.07 Å². The van der Waals surface area contributed by atoms with Gasteiger partial charge in [0.05, 0.1) is 22.7 Å². The molecule has 0 bridgehead atoms. The van der Waals surface area contributed by atoms with Gasteiger partial charge in [-0.25, -0.2) is 0 Å². The van der Waals surface area contributed by atoms with Crippen molar-refractivity contribution in [3.05, 3.63) is 39.4 Å². The SMILES string of the molecule is O=C(CN1C(=O)c2ccc([N+](=O)[O-])cc2C1=O)NCCO. The summed E-state index contributed by atoms with van der Waals surface area (Å²) >= 11 is 0. The predicted molar refractivity (Wildman–Crippen MR) is 68.6 cm³/mol. The molecule has 1 aliphatic heterocycles. The Kier molecular flexibility index (Phi) is 3.94. The summed E-state index contributed by atoms with van der Waals surface area (Å²) < 4.78 is 0. The van der Waals surface area contributed by atoms with Crippen LogP contribution < -0.4 is 5.32 Å². The highest BCUT2D eigenvalue weighted by molar-refractivity contribution is 6.22. The molecule has 9 nitrogen and oxygen atoms in total. The predicted octanol–water partition coefficient (Wildman–Crippen LogP) is -0.701. The molecule has 110 valence electrons. The Bertz CT molecular complexity index is 642. The first-order valence-corrected chi connectivity index (χ1v) is 5.98. The van der Waals surface area contributed by atoms with Crippen LogP contribution in [-0.4, -0.2) is 52.3 Å². The third-order valence-corrected chi connectivity index (χ3v) is 2.90. The van der Waals surface area contributed by atoms with Crippen molar-refractivity contribution >= 4 is 23.4 Å². The lowest BCUT2D eigenvalue weighted by Crippen LogP contribution is -2.41. The van der Waals surface area contributed by atoms with Gasteiger partial charge < -0.3 is 10.4 Å². The number of fused-ring (bicyclic) bond motifs is 1. The number of carbonyl (C=O) groups is 3. The molecule has 0 aromatic heterocycles. The van der Waals surface area contributed by atoms with E-state index < -0.39 is 29.2 Å². The van der Waals surface area contributed by atoms with Crippen molar-refractivity contribution in [3.63, 3.8) is 0 Å². The van der Waals surface area contributed by atoms with Crippen LogP contribution in [-0.2, 0) is 4.79 Å². The molecule has 0 saturated carbocycles. The maximum absolute atomic E-state index is 12.0. The number of nitrogens with one attached hydrogen (secondary N) is 1. The fourth-order valence-electron chi connectivity index (χ4n) is 1.93. The Hall–Kier alpha value is -2.81. The minimum atomic E-state index is -0.752. The summed E-state index contributed by atoms with van der Waals surface area (Å²) in [6.45, 7) is -0.756. The van der Waals surface area contributed by atoms with E-state index >= 15 is 0 Å². The molecular formula is C12H11N3O6. The van der Waals surface area contributed by atoms with Crippen LogP contribution in [0.5, 0.6) is 0 Å². The van der Waals surface area contributed by atoms with E-state index in [9.17, 15) is 24.5 Å². The zero-order chi connectivity index (χ0) is 15.6. The van der Waals surface area contributed by atoms with E-state index in [2.05, 4.69) is 5.32 Å². The lowest BCUT2D eigenvalue weighted by molar-refractivity contribution is -0.384. The normalized spacial score (nSPS) is 13.3. The Morgan fingerprint density at radius 3 is 2.57 bits per heavy atom. The lowest BCUT2D eigenvalue weighted by atomic mass is 10.1. The van der Waals surface area contributed by atoms with Gasteiger partial charge >= 0.3 is 0 Å². The molecular weight excluding hydrogens is 282 g/mol. The van der Waals surface area contributed by atoms with Gasteiger partial charge in [-0.2, -0.15) is 0 Å². The van der Waals surface area contributed by atoms with E-state index in [0.717, 1.165) is 12.1 Å². The average molecular weight is 293 g/mol. The van der Waals surface area contributed by atoms with Crippen molar-refractivity contribution in [1.29, 1.82) is 0 Å². The maximum Gasteiger partial charge on any atom is 0.270 e. The van der Waals surface area contributed by atoms with Crippen LogP contribution in [0.25, 0.3) is 0 Å². The number of carbonyl (C=O) groups excluding carboxylic acids is 3. The molecule has 0 spiro atoms. The van der Waals surface area contributed by atoms with Crippen LogP contribution in [0, 0.1) is 10.1 Å². The Morgan fingerprint density at radius 1 is 1.29 bits per heavy atom. The Balaban J connectivity index is 2.22. The molecule has 21 heavy (non-hydrogen) atoms. The number of hydrogen-bond acceptors (Lipinski definition) is 6. The fraction of sp³-hybridized carbons (Fsp3) is 0.250. The van der Waals surface area contributed by atoms with Crippen LogP contribution in [0.1, 0.15) is 20.7 Å². The zero-order valence-corrected chi connectivity index (χ0v) is 10.7. The van der Waals surface area contributed by atoms with Gasteiger partial charge in [-0.3, -0.25) is 29.4 Å².